The molecule has 1 atom stereocenters. The molecule has 6 heteroatoms. The van der Waals surface area contributed by atoms with Crippen LogP contribution in [0.2, 0.25) is 0 Å². The minimum absolute atomic E-state index is 0.210. The smallest absolute Gasteiger partial charge is 0.366 e. The van der Waals surface area contributed by atoms with Crippen LogP contribution in [0.15, 0.2) is 22.7 Å². The highest BCUT2D eigenvalue weighted by molar-refractivity contribution is 9.10. The van der Waals surface area contributed by atoms with Gasteiger partial charge in [0.15, 0.2) is 0 Å². The highest BCUT2D eigenvalue weighted by atomic mass is 79.9. The van der Waals surface area contributed by atoms with E-state index < -0.39 is 11.7 Å². The minimum atomic E-state index is -4.31. The molecular weight excluding hydrogens is 321 g/mol. The number of piperidine rings is 1. The molecule has 1 heterocycles. The third-order valence-electron chi connectivity index (χ3n) is 3.48. The van der Waals surface area contributed by atoms with Gasteiger partial charge in [0.25, 0.3) is 0 Å². The van der Waals surface area contributed by atoms with Gasteiger partial charge in [0, 0.05) is 23.6 Å². The molecule has 0 saturated carbocycles. The maximum atomic E-state index is 12.6. The van der Waals surface area contributed by atoms with Gasteiger partial charge in [-0.15, -0.1) is 0 Å². The van der Waals surface area contributed by atoms with E-state index in [1.54, 1.807) is 0 Å². The zero-order chi connectivity index (χ0) is 14.0. The van der Waals surface area contributed by atoms with Crippen LogP contribution in [-0.4, -0.2) is 19.1 Å². The summed E-state index contributed by atoms with van der Waals surface area (Å²) in [5.41, 5.74) is 5.90. The van der Waals surface area contributed by atoms with Crippen LogP contribution in [0.1, 0.15) is 24.8 Å². The fourth-order valence-corrected chi connectivity index (χ4v) is 3.09. The molecule has 0 aliphatic carbocycles. The fraction of sp³-hybridized carbons (Fsp3) is 0.538. The van der Waals surface area contributed by atoms with Crippen molar-refractivity contribution >= 4 is 21.6 Å². The summed E-state index contributed by atoms with van der Waals surface area (Å²) >= 11 is 3.25. The van der Waals surface area contributed by atoms with E-state index in [4.69, 9.17) is 5.73 Å². The Bertz CT molecular complexity index is 448. The lowest BCUT2D eigenvalue weighted by Gasteiger charge is -2.37. The van der Waals surface area contributed by atoms with Gasteiger partial charge in [-0.1, -0.05) is 0 Å². The van der Waals surface area contributed by atoms with Crippen LogP contribution in [0.3, 0.4) is 0 Å². The second-order valence-corrected chi connectivity index (χ2v) is 5.60. The first kappa shape index (κ1) is 14.7. The maximum Gasteiger partial charge on any atom is 0.416 e. The molecular formula is C13H16BrF3N2. The summed E-state index contributed by atoms with van der Waals surface area (Å²) in [5, 5.41) is 0. The van der Waals surface area contributed by atoms with Crippen molar-refractivity contribution in [1.29, 1.82) is 0 Å². The Hall–Kier alpha value is -0.750. The molecule has 1 fully saturated rings. The summed E-state index contributed by atoms with van der Waals surface area (Å²) in [5.74, 6) is 0. The van der Waals surface area contributed by atoms with Crippen molar-refractivity contribution in [3.05, 3.63) is 28.2 Å². The van der Waals surface area contributed by atoms with Gasteiger partial charge in [-0.05, 0) is 53.4 Å². The second-order valence-electron chi connectivity index (χ2n) is 4.74. The first-order chi connectivity index (χ1) is 8.93. The van der Waals surface area contributed by atoms with Crippen LogP contribution in [0.5, 0.6) is 0 Å². The second kappa shape index (κ2) is 5.71. The lowest BCUT2D eigenvalue weighted by molar-refractivity contribution is -0.137. The SMILES string of the molecule is NCC1CCCCN1c1ccc(C(F)(F)F)cc1Br. The molecule has 1 aliphatic heterocycles. The van der Waals surface area contributed by atoms with E-state index in [9.17, 15) is 13.2 Å². The van der Waals surface area contributed by atoms with Crippen molar-refractivity contribution < 1.29 is 13.2 Å². The van der Waals surface area contributed by atoms with E-state index in [1.807, 2.05) is 0 Å². The van der Waals surface area contributed by atoms with Crippen molar-refractivity contribution in [3.8, 4) is 0 Å². The Labute approximate surface area is 118 Å². The molecule has 2 rings (SSSR count). The summed E-state index contributed by atoms with van der Waals surface area (Å²) < 4.78 is 38.4. The highest BCUT2D eigenvalue weighted by Gasteiger charge is 2.32. The molecule has 0 amide bonds. The maximum absolute atomic E-state index is 12.6. The van der Waals surface area contributed by atoms with Gasteiger partial charge in [0.05, 0.1) is 11.3 Å². The van der Waals surface area contributed by atoms with Crippen LogP contribution in [0.4, 0.5) is 18.9 Å². The van der Waals surface area contributed by atoms with E-state index in [0.717, 1.165) is 43.6 Å². The largest absolute Gasteiger partial charge is 0.416 e. The van der Waals surface area contributed by atoms with Crippen molar-refractivity contribution in [2.24, 2.45) is 5.73 Å². The molecule has 0 spiro atoms. The molecule has 0 bridgehead atoms. The standard InChI is InChI=1S/C13H16BrF3N2/c14-11-7-9(13(15,16)17)4-5-12(11)19-6-2-1-3-10(19)8-18/h4-5,7,10H,1-3,6,8,18H2. The molecule has 1 unspecified atom stereocenters. The van der Waals surface area contributed by atoms with E-state index in [0.29, 0.717) is 11.0 Å². The highest BCUT2D eigenvalue weighted by Crippen LogP contribution is 2.37. The van der Waals surface area contributed by atoms with Crippen LogP contribution in [-0.2, 0) is 6.18 Å². The van der Waals surface area contributed by atoms with E-state index in [2.05, 4.69) is 20.8 Å². The Morgan fingerprint density at radius 2 is 2.05 bits per heavy atom. The zero-order valence-corrected chi connectivity index (χ0v) is 12.0. The molecule has 1 aliphatic rings. The minimum Gasteiger partial charge on any atom is -0.366 e. The molecule has 1 aromatic carbocycles. The third-order valence-corrected chi connectivity index (χ3v) is 4.12. The topological polar surface area (TPSA) is 29.3 Å². The van der Waals surface area contributed by atoms with Gasteiger partial charge in [0.1, 0.15) is 0 Å². The molecule has 19 heavy (non-hydrogen) atoms. The van der Waals surface area contributed by atoms with Gasteiger partial charge in [-0.3, -0.25) is 0 Å². The number of hydrogen-bond donors (Lipinski definition) is 1. The lowest BCUT2D eigenvalue weighted by atomic mass is 10.0. The van der Waals surface area contributed by atoms with Crippen molar-refractivity contribution in [2.45, 2.75) is 31.5 Å². The molecule has 106 valence electrons. The molecule has 1 aromatic rings. The summed E-state index contributed by atoms with van der Waals surface area (Å²) in [4.78, 5) is 2.10. The fourth-order valence-electron chi connectivity index (χ4n) is 2.48. The molecule has 2 N–H and O–H groups in total. The predicted molar refractivity (Wildman–Crippen MR) is 73.2 cm³/mol. The average Bonchev–Trinajstić information content (AvgIpc) is 2.37. The number of nitrogens with two attached hydrogens (primary N) is 1. The average molecular weight is 337 g/mol. The summed E-state index contributed by atoms with van der Waals surface area (Å²) in [7, 11) is 0. The van der Waals surface area contributed by atoms with E-state index in [1.165, 1.54) is 6.07 Å². The summed E-state index contributed by atoms with van der Waals surface area (Å²) in [6, 6.07) is 4.00. The third kappa shape index (κ3) is 3.23. The number of hydrogen-bond acceptors (Lipinski definition) is 2. The van der Waals surface area contributed by atoms with Gasteiger partial charge < -0.3 is 10.6 Å². The van der Waals surface area contributed by atoms with Crippen molar-refractivity contribution in [3.63, 3.8) is 0 Å². The molecule has 1 saturated heterocycles. The number of nitrogens with zero attached hydrogens (tertiary/aromatic N) is 1. The monoisotopic (exact) mass is 336 g/mol. The first-order valence-electron chi connectivity index (χ1n) is 6.27. The van der Waals surface area contributed by atoms with Crippen LogP contribution >= 0.6 is 15.9 Å². The number of halogens is 4. The Morgan fingerprint density at radius 1 is 1.32 bits per heavy atom. The van der Waals surface area contributed by atoms with Gasteiger partial charge in [-0.2, -0.15) is 13.2 Å². The van der Waals surface area contributed by atoms with E-state index in [-0.39, 0.29) is 6.04 Å². The molecule has 0 aromatic heterocycles. The van der Waals surface area contributed by atoms with Crippen LogP contribution < -0.4 is 10.6 Å². The predicted octanol–water partition coefficient (Wildman–Crippen LogP) is 3.79. The van der Waals surface area contributed by atoms with Crippen LogP contribution in [0, 0.1) is 0 Å². The lowest BCUT2D eigenvalue weighted by Crippen LogP contribution is -2.44. The number of benzene rings is 1. The summed E-state index contributed by atoms with van der Waals surface area (Å²) in [6.07, 6.45) is -1.15. The first-order valence-corrected chi connectivity index (χ1v) is 7.06. The molecule has 0 radical (unpaired) electrons. The van der Waals surface area contributed by atoms with Gasteiger partial charge >= 0.3 is 6.18 Å². The van der Waals surface area contributed by atoms with E-state index >= 15 is 0 Å². The molecule has 2 nitrogen and oxygen atoms in total. The van der Waals surface area contributed by atoms with Crippen LogP contribution in [0.25, 0.3) is 0 Å². The quantitative estimate of drug-likeness (QED) is 0.890. The number of anilines is 1. The Kier molecular flexibility index (Phi) is 4.40. The zero-order valence-electron chi connectivity index (χ0n) is 10.4. The number of alkyl halides is 3. The van der Waals surface area contributed by atoms with Crippen molar-refractivity contribution in [1.82, 2.24) is 0 Å². The van der Waals surface area contributed by atoms with Gasteiger partial charge in [0.2, 0.25) is 0 Å². The number of rotatable bonds is 2. The normalized spacial score (nSPS) is 20.7. The Morgan fingerprint density at radius 3 is 2.63 bits per heavy atom. The van der Waals surface area contributed by atoms with Gasteiger partial charge in [-0.25, -0.2) is 0 Å². The van der Waals surface area contributed by atoms with Crippen molar-refractivity contribution in [2.75, 3.05) is 18.0 Å². The summed E-state index contributed by atoms with van der Waals surface area (Å²) in [6.45, 7) is 1.36. The Balaban J connectivity index is 2.30.